The fourth-order valence-electron chi connectivity index (χ4n) is 3.12. The van der Waals surface area contributed by atoms with Gasteiger partial charge in [0.05, 0.1) is 13.1 Å². The van der Waals surface area contributed by atoms with Gasteiger partial charge in [-0.25, -0.2) is 0 Å². The smallest absolute Gasteiger partial charge is 0.177 e. The molecule has 4 aromatic rings. The molecule has 0 bridgehead atoms. The Morgan fingerprint density at radius 1 is 0.906 bits per heavy atom. The van der Waals surface area contributed by atoms with Crippen LogP contribution in [0.25, 0.3) is 0 Å². The van der Waals surface area contributed by atoms with E-state index in [1.54, 1.807) is 0 Å². The van der Waals surface area contributed by atoms with Crippen molar-refractivity contribution in [1.29, 1.82) is 0 Å². The molecule has 0 saturated heterocycles. The van der Waals surface area contributed by atoms with E-state index < -0.39 is 0 Å². The molecule has 2 aromatic carbocycles. The number of aryl methyl sites for hydroxylation is 1. The van der Waals surface area contributed by atoms with Crippen molar-refractivity contribution in [1.82, 2.24) is 19.6 Å². The molecule has 0 unspecified atom stereocenters. The summed E-state index contributed by atoms with van der Waals surface area (Å²) in [4.78, 5) is 0. The summed E-state index contributed by atoms with van der Waals surface area (Å²) in [6.07, 6.45) is 1.88. The average Bonchev–Trinajstić information content (AvgIpc) is 3.32. The van der Waals surface area contributed by atoms with E-state index in [2.05, 4.69) is 20.8 Å². The normalized spacial score (nSPS) is 10.9. The van der Waals surface area contributed by atoms with Gasteiger partial charge in [0.2, 0.25) is 0 Å². The highest BCUT2D eigenvalue weighted by Gasteiger charge is 2.11. The predicted octanol–water partition coefficient (Wildman–Crippen LogP) is 6.25. The fraction of sp³-hybridized carbons (Fsp3) is 0.136. The Kier molecular flexibility index (Phi) is 7.01. The van der Waals surface area contributed by atoms with E-state index in [0.717, 1.165) is 16.8 Å². The van der Waals surface area contributed by atoms with Crippen LogP contribution in [0.2, 0.25) is 15.1 Å². The van der Waals surface area contributed by atoms with Crippen LogP contribution in [0.15, 0.2) is 60.8 Å². The summed E-state index contributed by atoms with van der Waals surface area (Å²) >= 11 is 23.9. The van der Waals surface area contributed by atoms with Crippen molar-refractivity contribution in [3.8, 4) is 0 Å². The van der Waals surface area contributed by atoms with Crippen molar-refractivity contribution in [2.75, 3.05) is 10.6 Å². The van der Waals surface area contributed by atoms with E-state index in [1.807, 2.05) is 77.1 Å². The molecule has 0 aliphatic heterocycles. The lowest BCUT2D eigenvalue weighted by Gasteiger charge is -2.09. The third-order valence-electron chi connectivity index (χ3n) is 4.73. The second kappa shape index (κ2) is 9.92. The van der Waals surface area contributed by atoms with Crippen LogP contribution in [0.1, 0.15) is 16.8 Å². The van der Waals surface area contributed by atoms with Crippen LogP contribution >= 0.6 is 47.0 Å². The van der Waals surface area contributed by atoms with Crippen molar-refractivity contribution in [2.45, 2.75) is 20.0 Å². The molecule has 0 atom stereocenters. The first-order chi connectivity index (χ1) is 15.4. The van der Waals surface area contributed by atoms with Gasteiger partial charge < -0.3 is 10.6 Å². The van der Waals surface area contributed by atoms with Gasteiger partial charge in [-0.05, 0) is 49.0 Å². The molecule has 2 aromatic heterocycles. The van der Waals surface area contributed by atoms with Crippen LogP contribution in [-0.4, -0.2) is 24.7 Å². The van der Waals surface area contributed by atoms with E-state index in [-0.39, 0.29) is 0 Å². The Bertz CT molecular complexity index is 1230. The van der Waals surface area contributed by atoms with Crippen LogP contribution in [0.5, 0.6) is 0 Å². The first kappa shape index (κ1) is 22.6. The zero-order chi connectivity index (χ0) is 22.7. The second-order valence-electron chi connectivity index (χ2n) is 7.13. The largest absolute Gasteiger partial charge is 0.316 e. The molecule has 2 heterocycles. The molecule has 0 amide bonds. The third-order valence-corrected chi connectivity index (χ3v) is 5.90. The minimum absolute atomic E-state index is 0.391. The molecule has 164 valence electrons. The van der Waals surface area contributed by atoms with Gasteiger partial charge in [-0.3, -0.25) is 9.36 Å². The number of halogens is 3. The molecule has 6 nitrogen and oxygen atoms in total. The summed E-state index contributed by atoms with van der Waals surface area (Å²) in [5.74, 6) is 1.25. The molecule has 0 aliphatic rings. The summed E-state index contributed by atoms with van der Waals surface area (Å²) < 4.78 is 3.64. The SMILES string of the molecule is Cc1cc(NC(=S)Nc2ccn(Cc3ccc(Cl)cc3)n2)nn1Cc1c(Cl)cccc1Cl. The maximum absolute atomic E-state index is 6.29. The van der Waals surface area contributed by atoms with Gasteiger partial charge >= 0.3 is 0 Å². The van der Waals surface area contributed by atoms with E-state index >= 15 is 0 Å². The van der Waals surface area contributed by atoms with Crippen LogP contribution in [0, 0.1) is 6.92 Å². The lowest BCUT2D eigenvalue weighted by Crippen LogP contribution is -2.20. The maximum atomic E-state index is 6.29. The molecule has 0 fully saturated rings. The topological polar surface area (TPSA) is 59.7 Å². The molecule has 0 saturated carbocycles. The zero-order valence-electron chi connectivity index (χ0n) is 17.0. The third kappa shape index (κ3) is 5.61. The van der Waals surface area contributed by atoms with Gasteiger partial charge in [0.25, 0.3) is 0 Å². The van der Waals surface area contributed by atoms with E-state index in [9.17, 15) is 0 Å². The van der Waals surface area contributed by atoms with Crippen molar-refractivity contribution < 1.29 is 0 Å². The first-order valence-electron chi connectivity index (χ1n) is 9.70. The number of nitrogens with one attached hydrogen (secondary N) is 2. The number of thiocarbonyl (C=S) groups is 1. The van der Waals surface area contributed by atoms with E-state index in [4.69, 9.17) is 47.0 Å². The minimum Gasteiger partial charge on any atom is -0.316 e. The van der Waals surface area contributed by atoms with Gasteiger partial charge in [0, 0.05) is 44.7 Å². The van der Waals surface area contributed by atoms with Crippen LogP contribution < -0.4 is 10.6 Å². The van der Waals surface area contributed by atoms with Gasteiger partial charge in [-0.1, -0.05) is 53.0 Å². The van der Waals surface area contributed by atoms with Crippen molar-refractivity contribution in [3.63, 3.8) is 0 Å². The van der Waals surface area contributed by atoms with Gasteiger partial charge in [-0.15, -0.1) is 0 Å². The Morgan fingerprint density at radius 2 is 1.59 bits per heavy atom. The lowest BCUT2D eigenvalue weighted by atomic mass is 10.2. The molecule has 0 aliphatic carbocycles. The van der Waals surface area contributed by atoms with Crippen LogP contribution in [0.4, 0.5) is 11.6 Å². The molecule has 0 spiro atoms. The van der Waals surface area contributed by atoms with Crippen LogP contribution in [0.3, 0.4) is 0 Å². The predicted molar refractivity (Wildman–Crippen MR) is 135 cm³/mol. The summed E-state index contributed by atoms with van der Waals surface area (Å²) in [5.41, 5.74) is 2.86. The highest BCUT2D eigenvalue weighted by Crippen LogP contribution is 2.26. The average molecular weight is 506 g/mol. The van der Waals surface area contributed by atoms with Crippen molar-refractivity contribution >= 4 is 63.8 Å². The molecule has 10 heteroatoms. The molecule has 32 heavy (non-hydrogen) atoms. The molecule has 2 N–H and O–H groups in total. The quantitative estimate of drug-likeness (QED) is 0.303. The Hall–Kier alpha value is -2.58. The Morgan fingerprint density at radius 3 is 2.31 bits per heavy atom. The molecular formula is C22H19Cl3N6S. The lowest BCUT2D eigenvalue weighted by molar-refractivity contribution is 0.668. The fourth-order valence-corrected chi connectivity index (χ4v) is 3.97. The Balaban J connectivity index is 1.37. The highest BCUT2D eigenvalue weighted by molar-refractivity contribution is 7.80. The number of nitrogens with zero attached hydrogens (tertiary/aromatic N) is 4. The van der Waals surface area contributed by atoms with Crippen LogP contribution in [-0.2, 0) is 13.1 Å². The van der Waals surface area contributed by atoms with Crippen molar-refractivity contribution in [3.05, 3.63) is 92.7 Å². The maximum Gasteiger partial charge on any atom is 0.177 e. The standard InChI is InChI=1S/C22H19Cl3N6S/c1-14-11-21(29-31(14)13-17-18(24)3-2-4-19(17)25)27-22(32)26-20-9-10-30(28-20)12-15-5-7-16(23)8-6-15/h2-11H,12-13H2,1H3,(H2,26,27,28,29,32). The number of hydrogen-bond donors (Lipinski definition) is 2. The monoisotopic (exact) mass is 504 g/mol. The molecular weight excluding hydrogens is 487 g/mol. The number of anilines is 2. The second-order valence-corrected chi connectivity index (χ2v) is 8.79. The molecule has 4 rings (SSSR count). The number of benzene rings is 2. The summed E-state index contributed by atoms with van der Waals surface area (Å²) in [6, 6.07) is 16.9. The van der Waals surface area contributed by atoms with Gasteiger partial charge in [-0.2, -0.15) is 10.2 Å². The minimum atomic E-state index is 0.391. The van der Waals surface area contributed by atoms with Gasteiger partial charge in [0.15, 0.2) is 16.7 Å². The highest BCUT2D eigenvalue weighted by atomic mass is 35.5. The van der Waals surface area contributed by atoms with E-state index in [0.29, 0.717) is 44.9 Å². The number of hydrogen-bond acceptors (Lipinski definition) is 3. The number of aromatic nitrogens is 4. The summed E-state index contributed by atoms with van der Waals surface area (Å²) in [5, 5.41) is 17.5. The Labute approximate surface area is 206 Å². The zero-order valence-corrected chi connectivity index (χ0v) is 20.1. The van der Waals surface area contributed by atoms with Gasteiger partial charge in [0.1, 0.15) is 0 Å². The number of rotatable bonds is 6. The first-order valence-corrected chi connectivity index (χ1v) is 11.2. The molecule has 0 radical (unpaired) electrons. The van der Waals surface area contributed by atoms with E-state index in [1.165, 1.54) is 0 Å². The summed E-state index contributed by atoms with van der Waals surface area (Å²) in [7, 11) is 0. The van der Waals surface area contributed by atoms with Crippen molar-refractivity contribution in [2.24, 2.45) is 0 Å². The summed E-state index contributed by atoms with van der Waals surface area (Å²) in [6.45, 7) is 3.05.